The molecule has 0 unspecified atom stereocenters. The van der Waals surface area contributed by atoms with Gasteiger partial charge in [-0.3, -0.25) is 4.79 Å². The van der Waals surface area contributed by atoms with Gasteiger partial charge in [0.1, 0.15) is 5.52 Å². The van der Waals surface area contributed by atoms with Gasteiger partial charge in [-0.1, -0.05) is 6.07 Å². The Labute approximate surface area is 103 Å². The average molecular weight is 248 g/mol. The molecule has 2 rings (SSSR count). The number of hydrogen-bond acceptors (Lipinski definition) is 5. The van der Waals surface area contributed by atoms with Gasteiger partial charge in [-0.25, -0.2) is 9.78 Å². The van der Waals surface area contributed by atoms with E-state index in [4.69, 9.17) is 4.42 Å². The first-order valence-corrected chi connectivity index (χ1v) is 5.32. The van der Waals surface area contributed by atoms with Crippen LogP contribution in [0.15, 0.2) is 22.6 Å². The van der Waals surface area contributed by atoms with E-state index in [2.05, 4.69) is 15.0 Å². The summed E-state index contributed by atoms with van der Waals surface area (Å²) in [5, 5.41) is 2.45. The van der Waals surface area contributed by atoms with Crippen LogP contribution in [-0.4, -0.2) is 24.0 Å². The first-order chi connectivity index (χ1) is 8.60. The third-order valence-electron chi connectivity index (χ3n) is 2.38. The largest absolute Gasteiger partial charge is 0.462 e. The zero-order valence-electron chi connectivity index (χ0n) is 10.0. The summed E-state index contributed by atoms with van der Waals surface area (Å²) in [4.78, 5) is 26.3. The summed E-state index contributed by atoms with van der Waals surface area (Å²) in [5.41, 5.74) is 2.24. The molecule has 1 aromatic heterocycles. The molecule has 2 aromatic rings. The number of hydrogen-bond donors (Lipinski definition) is 1. The summed E-state index contributed by atoms with van der Waals surface area (Å²) in [6.45, 7) is 1.99. The van der Waals surface area contributed by atoms with Crippen molar-refractivity contribution in [3.05, 3.63) is 29.7 Å². The first kappa shape index (κ1) is 12.1. The van der Waals surface area contributed by atoms with Crippen molar-refractivity contribution in [3.63, 3.8) is 0 Å². The maximum Gasteiger partial charge on any atom is 0.396 e. The van der Waals surface area contributed by atoms with Crippen molar-refractivity contribution in [1.29, 1.82) is 0 Å². The average Bonchev–Trinajstić information content (AvgIpc) is 2.74. The van der Waals surface area contributed by atoms with Gasteiger partial charge < -0.3 is 14.5 Å². The molecule has 6 nitrogen and oxygen atoms in total. The summed E-state index contributed by atoms with van der Waals surface area (Å²) in [7, 11) is 1.16. The van der Waals surface area contributed by atoms with E-state index >= 15 is 0 Å². The van der Waals surface area contributed by atoms with Crippen molar-refractivity contribution in [2.45, 2.75) is 13.5 Å². The second-order valence-corrected chi connectivity index (χ2v) is 3.71. The topological polar surface area (TPSA) is 81.4 Å². The van der Waals surface area contributed by atoms with Crippen LogP contribution in [0.5, 0.6) is 0 Å². The molecule has 0 aliphatic rings. The van der Waals surface area contributed by atoms with E-state index in [1.807, 2.05) is 0 Å². The quantitative estimate of drug-likeness (QED) is 0.631. The highest BCUT2D eigenvalue weighted by molar-refractivity contribution is 6.32. The predicted octanol–water partition coefficient (Wildman–Crippen LogP) is 0.925. The van der Waals surface area contributed by atoms with Gasteiger partial charge in [0.15, 0.2) is 11.5 Å². The van der Waals surface area contributed by atoms with Crippen LogP contribution < -0.4 is 5.32 Å². The molecule has 0 saturated heterocycles. The number of aryl methyl sites for hydroxylation is 1. The van der Waals surface area contributed by atoms with Crippen molar-refractivity contribution >= 4 is 23.0 Å². The van der Waals surface area contributed by atoms with Gasteiger partial charge >= 0.3 is 11.9 Å². The molecule has 18 heavy (non-hydrogen) atoms. The monoisotopic (exact) mass is 248 g/mol. The molecule has 0 aliphatic carbocycles. The number of esters is 1. The third kappa shape index (κ3) is 2.48. The Balaban J connectivity index is 2.08. The lowest BCUT2D eigenvalue weighted by molar-refractivity contribution is -0.152. The van der Waals surface area contributed by atoms with Crippen LogP contribution >= 0.6 is 0 Å². The number of methoxy groups -OCH3 is 1. The molecule has 1 N–H and O–H groups in total. The Hall–Kier alpha value is -2.37. The standard InChI is InChI=1S/C12H12N2O4/c1-7-14-9-5-8(3-4-10(9)18-7)6-13-11(15)12(16)17-2/h3-5H,6H2,1-2H3,(H,13,15). The minimum absolute atomic E-state index is 0.232. The SMILES string of the molecule is COC(=O)C(=O)NCc1ccc2oc(C)nc2c1. The zero-order valence-corrected chi connectivity index (χ0v) is 10.0. The number of fused-ring (bicyclic) bond motifs is 1. The van der Waals surface area contributed by atoms with Gasteiger partial charge in [-0.2, -0.15) is 0 Å². The van der Waals surface area contributed by atoms with Gasteiger partial charge in [0.25, 0.3) is 0 Å². The summed E-state index contributed by atoms with van der Waals surface area (Å²) >= 11 is 0. The third-order valence-corrected chi connectivity index (χ3v) is 2.38. The normalized spacial score (nSPS) is 10.3. The maximum absolute atomic E-state index is 11.2. The van der Waals surface area contributed by atoms with E-state index in [9.17, 15) is 9.59 Å². The van der Waals surface area contributed by atoms with E-state index in [0.717, 1.165) is 18.2 Å². The molecule has 1 amide bonds. The molecule has 0 radical (unpaired) electrons. The van der Waals surface area contributed by atoms with Crippen molar-refractivity contribution < 1.29 is 18.7 Å². The van der Waals surface area contributed by atoms with Crippen molar-refractivity contribution in [2.75, 3.05) is 7.11 Å². The molecule has 0 saturated carbocycles. The Bertz CT molecular complexity index is 603. The van der Waals surface area contributed by atoms with Crippen LogP contribution in [-0.2, 0) is 20.9 Å². The fourth-order valence-electron chi connectivity index (χ4n) is 1.55. The molecule has 0 spiro atoms. The van der Waals surface area contributed by atoms with Crippen molar-refractivity contribution in [3.8, 4) is 0 Å². The van der Waals surface area contributed by atoms with Crippen LogP contribution in [0.1, 0.15) is 11.5 Å². The zero-order chi connectivity index (χ0) is 13.1. The lowest BCUT2D eigenvalue weighted by Gasteiger charge is -2.03. The van der Waals surface area contributed by atoms with E-state index < -0.39 is 11.9 Å². The first-order valence-electron chi connectivity index (χ1n) is 5.32. The molecule has 0 fully saturated rings. The van der Waals surface area contributed by atoms with Gasteiger partial charge in [0.05, 0.1) is 7.11 Å². The van der Waals surface area contributed by atoms with Crippen molar-refractivity contribution in [2.24, 2.45) is 0 Å². The molecule has 6 heteroatoms. The lowest BCUT2D eigenvalue weighted by Crippen LogP contribution is -2.31. The number of amides is 1. The highest BCUT2D eigenvalue weighted by Gasteiger charge is 2.12. The smallest absolute Gasteiger partial charge is 0.396 e. The Morgan fingerprint density at radius 2 is 2.22 bits per heavy atom. The number of ether oxygens (including phenoxy) is 1. The highest BCUT2D eigenvalue weighted by Crippen LogP contribution is 2.16. The Morgan fingerprint density at radius 1 is 1.44 bits per heavy atom. The molecule has 0 bridgehead atoms. The van der Waals surface area contributed by atoms with Crippen LogP contribution in [0, 0.1) is 6.92 Å². The summed E-state index contributed by atoms with van der Waals surface area (Å²) in [6.07, 6.45) is 0. The molecule has 0 aliphatic heterocycles. The van der Waals surface area contributed by atoms with Crippen LogP contribution in [0.2, 0.25) is 0 Å². The number of oxazole rings is 1. The minimum Gasteiger partial charge on any atom is -0.462 e. The minimum atomic E-state index is -0.909. The van der Waals surface area contributed by atoms with Crippen molar-refractivity contribution in [1.82, 2.24) is 10.3 Å². The van der Waals surface area contributed by atoms with Gasteiger partial charge in [-0.05, 0) is 17.7 Å². The molecular formula is C12H12N2O4. The fraction of sp³-hybridized carbons (Fsp3) is 0.250. The van der Waals surface area contributed by atoms with Gasteiger partial charge in [0.2, 0.25) is 0 Å². The molecule has 1 heterocycles. The number of rotatable bonds is 2. The van der Waals surface area contributed by atoms with Crippen LogP contribution in [0.3, 0.4) is 0 Å². The van der Waals surface area contributed by atoms with E-state index in [1.54, 1.807) is 25.1 Å². The number of aromatic nitrogens is 1. The summed E-state index contributed by atoms with van der Waals surface area (Å²) in [5.74, 6) is -1.09. The molecule has 1 aromatic carbocycles. The number of carbonyl (C=O) groups excluding carboxylic acids is 2. The van der Waals surface area contributed by atoms with E-state index in [-0.39, 0.29) is 6.54 Å². The van der Waals surface area contributed by atoms with Gasteiger partial charge in [-0.15, -0.1) is 0 Å². The van der Waals surface area contributed by atoms with Crippen LogP contribution in [0.4, 0.5) is 0 Å². The lowest BCUT2D eigenvalue weighted by atomic mass is 10.2. The Morgan fingerprint density at radius 3 is 2.94 bits per heavy atom. The van der Waals surface area contributed by atoms with Crippen LogP contribution in [0.25, 0.3) is 11.1 Å². The number of carbonyl (C=O) groups is 2. The number of nitrogens with zero attached hydrogens (tertiary/aromatic N) is 1. The molecule has 0 atom stereocenters. The second-order valence-electron chi connectivity index (χ2n) is 3.71. The molecule has 94 valence electrons. The number of nitrogens with one attached hydrogen (secondary N) is 1. The van der Waals surface area contributed by atoms with E-state index in [0.29, 0.717) is 11.5 Å². The predicted molar refractivity (Wildman–Crippen MR) is 62.6 cm³/mol. The van der Waals surface area contributed by atoms with Gasteiger partial charge in [0, 0.05) is 13.5 Å². The highest BCUT2D eigenvalue weighted by atomic mass is 16.5. The van der Waals surface area contributed by atoms with E-state index in [1.165, 1.54) is 0 Å². The fourth-order valence-corrected chi connectivity index (χ4v) is 1.55. The Kier molecular flexibility index (Phi) is 3.27. The number of benzene rings is 1. The maximum atomic E-state index is 11.2. The summed E-state index contributed by atoms with van der Waals surface area (Å²) < 4.78 is 9.63. The molecular weight excluding hydrogens is 236 g/mol. The second kappa shape index (κ2) is 4.87. The summed E-state index contributed by atoms with van der Waals surface area (Å²) in [6, 6.07) is 5.36.